The maximum atomic E-state index is 12.8. The molecule has 7 heteroatoms. The summed E-state index contributed by atoms with van der Waals surface area (Å²) in [6.45, 7) is 7.91. The molecule has 0 radical (unpaired) electrons. The standard InChI is InChI=1S/C21H27N3O4/c1-15(2)19(23-20(25)18-7-4-10-28-18)21(26)22-17-6-3-5-16(13-17)14-24-8-11-27-12-9-24/h3-7,10,13,15,19H,8-9,11-12,14H2,1-2H3,(H,22,26)(H,23,25). The van der Waals surface area contributed by atoms with E-state index < -0.39 is 11.9 Å². The molecule has 1 fully saturated rings. The first-order valence-electron chi connectivity index (χ1n) is 9.57. The maximum absolute atomic E-state index is 12.8. The van der Waals surface area contributed by atoms with Crippen LogP contribution in [0.1, 0.15) is 30.0 Å². The van der Waals surface area contributed by atoms with E-state index in [4.69, 9.17) is 9.15 Å². The van der Waals surface area contributed by atoms with Crippen LogP contribution in [-0.4, -0.2) is 49.1 Å². The van der Waals surface area contributed by atoms with Gasteiger partial charge in [-0.2, -0.15) is 0 Å². The van der Waals surface area contributed by atoms with Gasteiger partial charge in [0, 0.05) is 25.3 Å². The molecule has 2 aromatic rings. The van der Waals surface area contributed by atoms with Crippen LogP contribution in [0.25, 0.3) is 0 Å². The summed E-state index contributed by atoms with van der Waals surface area (Å²) >= 11 is 0. The number of nitrogens with one attached hydrogen (secondary N) is 2. The zero-order valence-electron chi connectivity index (χ0n) is 16.3. The highest BCUT2D eigenvalue weighted by Crippen LogP contribution is 2.15. The predicted octanol–water partition coefficient (Wildman–Crippen LogP) is 2.50. The highest BCUT2D eigenvalue weighted by atomic mass is 16.5. The van der Waals surface area contributed by atoms with Gasteiger partial charge in [-0.25, -0.2) is 0 Å². The Morgan fingerprint density at radius 1 is 1.14 bits per heavy atom. The number of carbonyl (C=O) groups excluding carboxylic acids is 2. The van der Waals surface area contributed by atoms with Crippen LogP contribution in [0.3, 0.4) is 0 Å². The number of hydrogen-bond acceptors (Lipinski definition) is 5. The Morgan fingerprint density at radius 2 is 1.93 bits per heavy atom. The second-order valence-corrected chi connectivity index (χ2v) is 7.25. The van der Waals surface area contributed by atoms with Gasteiger partial charge in [0.2, 0.25) is 5.91 Å². The summed E-state index contributed by atoms with van der Waals surface area (Å²) in [6, 6.07) is 10.3. The Hall–Kier alpha value is -2.64. The molecule has 2 heterocycles. The average molecular weight is 385 g/mol. The van der Waals surface area contributed by atoms with Crippen LogP contribution in [0.5, 0.6) is 0 Å². The van der Waals surface area contributed by atoms with E-state index in [1.807, 2.05) is 38.1 Å². The van der Waals surface area contributed by atoms with Gasteiger partial charge in [-0.1, -0.05) is 26.0 Å². The van der Waals surface area contributed by atoms with E-state index >= 15 is 0 Å². The molecule has 1 aromatic carbocycles. The maximum Gasteiger partial charge on any atom is 0.287 e. The molecule has 1 atom stereocenters. The molecule has 0 aliphatic carbocycles. The summed E-state index contributed by atoms with van der Waals surface area (Å²) < 4.78 is 10.5. The Morgan fingerprint density at radius 3 is 2.61 bits per heavy atom. The summed E-state index contributed by atoms with van der Waals surface area (Å²) in [4.78, 5) is 27.4. The van der Waals surface area contributed by atoms with Gasteiger partial charge in [-0.3, -0.25) is 14.5 Å². The van der Waals surface area contributed by atoms with Crippen molar-refractivity contribution >= 4 is 17.5 Å². The van der Waals surface area contributed by atoms with Crippen molar-refractivity contribution in [1.82, 2.24) is 10.2 Å². The van der Waals surface area contributed by atoms with Crippen LogP contribution in [0, 0.1) is 5.92 Å². The van der Waals surface area contributed by atoms with Crippen LogP contribution in [0.15, 0.2) is 47.1 Å². The molecule has 0 saturated carbocycles. The molecule has 0 spiro atoms. The van der Waals surface area contributed by atoms with Gasteiger partial charge in [0.15, 0.2) is 5.76 Å². The van der Waals surface area contributed by atoms with E-state index in [2.05, 4.69) is 15.5 Å². The molecule has 2 N–H and O–H groups in total. The van der Waals surface area contributed by atoms with Crippen molar-refractivity contribution < 1.29 is 18.7 Å². The summed E-state index contributed by atoms with van der Waals surface area (Å²) in [5.74, 6) is -0.542. The molecular formula is C21H27N3O4. The van der Waals surface area contributed by atoms with Crippen molar-refractivity contribution in [3.8, 4) is 0 Å². The van der Waals surface area contributed by atoms with E-state index in [1.165, 1.54) is 6.26 Å². The number of amides is 2. The fraction of sp³-hybridized carbons (Fsp3) is 0.429. The second kappa shape index (κ2) is 9.52. The number of nitrogens with zero attached hydrogens (tertiary/aromatic N) is 1. The molecule has 1 saturated heterocycles. The zero-order valence-corrected chi connectivity index (χ0v) is 16.3. The lowest BCUT2D eigenvalue weighted by Gasteiger charge is -2.26. The minimum absolute atomic E-state index is 0.0737. The third-order valence-corrected chi connectivity index (χ3v) is 4.69. The summed E-state index contributed by atoms with van der Waals surface area (Å²) in [7, 11) is 0. The number of furan rings is 1. The molecule has 0 bridgehead atoms. The Bertz CT molecular complexity index is 783. The summed E-state index contributed by atoms with van der Waals surface area (Å²) in [6.07, 6.45) is 1.43. The first-order valence-corrected chi connectivity index (χ1v) is 9.57. The molecule has 1 unspecified atom stereocenters. The minimum atomic E-state index is -0.666. The number of anilines is 1. The minimum Gasteiger partial charge on any atom is -0.459 e. The van der Waals surface area contributed by atoms with Gasteiger partial charge in [0.25, 0.3) is 5.91 Å². The summed E-state index contributed by atoms with van der Waals surface area (Å²) in [5, 5.41) is 5.68. The molecule has 1 aliphatic rings. The van der Waals surface area contributed by atoms with Crippen molar-refractivity contribution in [3.63, 3.8) is 0 Å². The van der Waals surface area contributed by atoms with Crippen LogP contribution >= 0.6 is 0 Å². The topological polar surface area (TPSA) is 83.8 Å². The third-order valence-electron chi connectivity index (χ3n) is 4.69. The largest absolute Gasteiger partial charge is 0.459 e. The molecule has 7 nitrogen and oxygen atoms in total. The van der Waals surface area contributed by atoms with Crippen molar-refractivity contribution in [3.05, 3.63) is 54.0 Å². The van der Waals surface area contributed by atoms with E-state index in [-0.39, 0.29) is 17.6 Å². The van der Waals surface area contributed by atoms with Crippen LogP contribution in [0.4, 0.5) is 5.69 Å². The SMILES string of the molecule is CC(C)C(NC(=O)c1ccco1)C(=O)Nc1cccc(CN2CCOCC2)c1. The quantitative estimate of drug-likeness (QED) is 0.765. The zero-order chi connectivity index (χ0) is 19.9. The first kappa shape index (κ1) is 20.1. The van der Waals surface area contributed by atoms with Crippen LogP contribution < -0.4 is 10.6 Å². The number of ether oxygens (including phenoxy) is 1. The lowest BCUT2D eigenvalue weighted by Crippen LogP contribution is -2.47. The van der Waals surface area contributed by atoms with Crippen molar-refractivity contribution in [1.29, 1.82) is 0 Å². The normalized spacial score (nSPS) is 16.0. The second-order valence-electron chi connectivity index (χ2n) is 7.25. The lowest BCUT2D eigenvalue weighted by atomic mass is 10.0. The van der Waals surface area contributed by atoms with E-state index in [0.717, 1.165) is 38.4 Å². The fourth-order valence-corrected chi connectivity index (χ4v) is 3.14. The number of hydrogen-bond donors (Lipinski definition) is 2. The van der Waals surface area contributed by atoms with Gasteiger partial charge in [-0.15, -0.1) is 0 Å². The van der Waals surface area contributed by atoms with Gasteiger partial charge in [0.1, 0.15) is 6.04 Å². The average Bonchev–Trinajstić information content (AvgIpc) is 3.21. The van der Waals surface area contributed by atoms with E-state index in [0.29, 0.717) is 5.69 Å². The van der Waals surface area contributed by atoms with Crippen molar-refractivity contribution in [2.45, 2.75) is 26.4 Å². The molecule has 28 heavy (non-hydrogen) atoms. The lowest BCUT2D eigenvalue weighted by molar-refractivity contribution is -0.118. The Kier molecular flexibility index (Phi) is 6.84. The fourth-order valence-electron chi connectivity index (χ4n) is 3.14. The van der Waals surface area contributed by atoms with E-state index in [9.17, 15) is 9.59 Å². The Balaban J connectivity index is 1.62. The van der Waals surface area contributed by atoms with Gasteiger partial charge >= 0.3 is 0 Å². The number of benzene rings is 1. The van der Waals surface area contributed by atoms with E-state index in [1.54, 1.807) is 12.1 Å². The first-order chi connectivity index (χ1) is 13.5. The predicted molar refractivity (Wildman–Crippen MR) is 106 cm³/mol. The third kappa shape index (κ3) is 5.43. The van der Waals surface area contributed by atoms with Crippen LogP contribution in [-0.2, 0) is 16.1 Å². The van der Waals surface area contributed by atoms with Gasteiger partial charge in [0.05, 0.1) is 19.5 Å². The molecule has 150 valence electrons. The molecule has 2 amide bonds. The molecule has 3 rings (SSSR count). The number of rotatable bonds is 7. The van der Waals surface area contributed by atoms with Gasteiger partial charge < -0.3 is 19.8 Å². The van der Waals surface area contributed by atoms with Gasteiger partial charge in [-0.05, 0) is 35.7 Å². The highest BCUT2D eigenvalue weighted by Gasteiger charge is 2.25. The smallest absolute Gasteiger partial charge is 0.287 e. The van der Waals surface area contributed by atoms with Crippen LogP contribution in [0.2, 0.25) is 0 Å². The molecule has 1 aliphatic heterocycles. The molecular weight excluding hydrogens is 358 g/mol. The monoisotopic (exact) mass is 385 g/mol. The summed E-state index contributed by atoms with van der Waals surface area (Å²) in [5.41, 5.74) is 1.84. The van der Waals surface area contributed by atoms with Crippen molar-refractivity contribution in [2.24, 2.45) is 5.92 Å². The number of carbonyl (C=O) groups is 2. The molecule has 1 aromatic heterocycles. The Labute approximate surface area is 165 Å². The number of morpholine rings is 1. The highest BCUT2D eigenvalue weighted by molar-refractivity contribution is 6.00. The van der Waals surface area contributed by atoms with Crippen molar-refractivity contribution in [2.75, 3.05) is 31.6 Å².